The summed E-state index contributed by atoms with van der Waals surface area (Å²) in [6.07, 6.45) is 2.34. The minimum absolute atomic E-state index is 0.0564. The van der Waals surface area contributed by atoms with Crippen LogP contribution in [0, 0.1) is 11.8 Å². The normalized spacial score (nSPS) is 16.1. The van der Waals surface area contributed by atoms with Crippen molar-refractivity contribution >= 4 is 21.5 Å². The Morgan fingerprint density at radius 2 is 2.14 bits per heavy atom. The molecule has 0 amide bonds. The van der Waals surface area contributed by atoms with Crippen LogP contribution in [-0.2, 0) is 16.8 Å². The highest BCUT2D eigenvalue weighted by molar-refractivity contribution is 7.86. The molecular weight excluding hydrogens is 308 g/mol. The van der Waals surface area contributed by atoms with Crippen LogP contribution in [0.4, 0.5) is 0 Å². The fourth-order valence-electron chi connectivity index (χ4n) is 2.17. The summed E-state index contributed by atoms with van der Waals surface area (Å²) in [5.74, 6) is 5.81. The fraction of sp³-hybridized carbons (Fsp3) is 0.571. The molecule has 0 aromatic carbocycles. The summed E-state index contributed by atoms with van der Waals surface area (Å²) in [4.78, 5) is 0.966. The lowest BCUT2D eigenvalue weighted by atomic mass is 10.3. The van der Waals surface area contributed by atoms with E-state index >= 15 is 0 Å². The monoisotopic (exact) mass is 328 g/mol. The van der Waals surface area contributed by atoms with Crippen molar-refractivity contribution in [2.45, 2.75) is 25.8 Å². The number of nitrogens with zero attached hydrogens (tertiary/aromatic N) is 2. The molecule has 0 spiro atoms. The second kappa shape index (κ2) is 7.38. The molecule has 1 N–H and O–H groups in total. The zero-order chi connectivity index (χ0) is 15.3. The maximum absolute atomic E-state index is 12.4. The van der Waals surface area contributed by atoms with Crippen molar-refractivity contribution in [2.24, 2.45) is 0 Å². The van der Waals surface area contributed by atoms with Gasteiger partial charge in [0.25, 0.3) is 10.2 Å². The number of hydrogen-bond acceptors (Lipinski definition) is 4. The van der Waals surface area contributed by atoms with E-state index in [1.807, 2.05) is 11.4 Å². The first-order valence-electron chi connectivity index (χ1n) is 6.92. The third-order valence-corrected chi connectivity index (χ3v) is 6.14. The van der Waals surface area contributed by atoms with Gasteiger partial charge in [-0.15, -0.1) is 11.3 Å². The highest BCUT2D eigenvalue weighted by Gasteiger charge is 2.29. The molecule has 1 aromatic heterocycles. The minimum Gasteiger partial charge on any atom is -0.395 e. The largest absolute Gasteiger partial charge is 0.395 e. The van der Waals surface area contributed by atoms with Crippen LogP contribution in [0.1, 0.15) is 29.7 Å². The predicted octanol–water partition coefficient (Wildman–Crippen LogP) is 1.25. The average molecular weight is 328 g/mol. The average Bonchev–Trinajstić information content (AvgIpc) is 3.10. The van der Waals surface area contributed by atoms with Gasteiger partial charge in [-0.2, -0.15) is 17.0 Å². The fourth-order valence-corrected chi connectivity index (χ4v) is 4.53. The van der Waals surface area contributed by atoms with Crippen LogP contribution in [0.5, 0.6) is 0 Å². The van der Waals surface area contributed by atoms with E-state index in [2.05, 4.69) is 11.8 Å². The number of thiophene rings is 1. The van der Waals surface area contributed by atoms with Crippen molar-refractivity contribution in [3.63, 3.8) is 0 Å². The second-order valence-electron chi connectivity index (χ2n) is 4.95. The highest BCUT2D eigenvalue weighted by Crippen LogP contribution is 2.20. The van der Waals surface area contributed by atoms with Crippen molar-refractivity contribution in [3.8, 4) is 11.8 Å². The number of rotatable bonds is 5. The quantitative estimate of drug-likeness (QED) is 0.828. The Morgan fingerprint density at radius 3 is 2.81 bits per heavy atom. The van der Waals surface area contributed by atoms with Crippen molar-refractivity contribution < 1.29 is 13.5 Å². The van der Waals surface area contributed by atoms with Crippen LogP contribution in [0.15, 0.2) is 11.4 Å². The van der Waals surface area contributed by atoms with Crippen LogP contribution in [0.2, 0.25) is 0 Å². The van der Waals surface area contributed by atoms with E-state index in [4.69, 9.17) is 5.11 Å². The van der Waals surface area contributed by atoms with Gasteiger partial charge in [-0.1, -0.05) is 11.8 Å². The van der Waals surface area contributed by atoms with Crippen LogP contribution in [0.3, 0.4) is 0 Å². The smallest absolute Gasteiger partial charge is 0.282 e. The predicted molar refractivity (Wildman–Crippen MR) is 84.1 cm³/mol. The molecule has 116 valence electrons. The van der Waals surface area contributed by atoms with Gasteiger partial charge in [0.15, 0.2) is 0 Å². The van der Waals surface area contributed by atoms with E-state index in [0.29, 0.717) is 26.1 Å². The summed E-state index contributed by atoms with van der Waals surface area (Å²) >= 11 is 1.50. The van der Waals surface area contributed by atoms with Crippen molar-refractivity contribution in [1.29, 1.82) is 0 Å². The molecule has 0 aliphatic carbocycles. The SMILES string of the molecule is CN(Cc1cc(C#CCCO)cs1)S(=O)(=O)N1CCCC1. The topological polar surface area (TPSA) is 60.9 Å². The minimum atomic E-state index is -3.34. The molecule has 1 aromatic rings. The van der Waals surface area contributed by atoms with E-state index < -0.39 is 10.2 Å². The van der Waals surface area contributed by atoms with Crippen LogP contribution >= 0.6 is 11.3 Å². The molecule has 1 saturated heterocycles. The molecule has 5 nitrogen and oxygen atoms in total. The van der Waals surface area contributed by atoms with Gasteiger partial charge in [0.1, 0.15) is 0 Å². The summed E-state index contributed by atoms with van der Waals surface area (Å²) < 4.78 is 27.7. The summed E-state index contributed by atoms with van der Waals surface area (Å²) in [6, 6.07) is 1.91. The molecule has 2 heterocycles. The molecule has 0 radical (unpaired) electrons. The van der Waals surface area contributed by atoms with Crippen LogP contribution in [0.25, 0.3) is 0 Å². The summed E-state index contributed by atoms with van der Waals surface area (Å²) in [6.45, 7) is 1.66. The summed E-state index contributed by atoms with van der Waals surface area (Å²) in [5, 5.41) is 10.6. The molecule has 0 unspecified atom stereocenters. The molecule has 0 bridgehead atoms. The van der Waals surface area contributed by atoms with Crippen molar-refractivity contribution in [1.82, 2.24) is 8.61 Å². The van der Waals surface area contributed by atoms with E-state index in [0.717, 1.165) is 23.3 Å². The Hall–Kier alpha value is -0.910. The lowest BCUT2D eigenvalue weighted by Crippen LogP contribution is -2.39. The van der Waals surface area contributed by atoms with Gasteiger partial charge in [0.2, 0.25) is 0 Å². The lowest BCUT2D eigenvalue weighted by Gasteiger charge is -2.23. The molecule has 0 atom stereocenters. The maximum Gasteiger partial charge on any atom is 0.282 e. The molecule has 2 rings (SSSR count). The molecule has 21 heavy (non-hydrogen) atoms. The third-order valence-electron chi connectivity index (χ3n) is 3.29. The van der Waals surface area contributed by atoms with Crippen molar-refractivity contribution in [3.05, 3.63) is 21.9 Å². The first-order valence-corrected chi connectivity index (χ1v) is 9.20. The van der Waals surface area contributed by atoms with E-state index in [1.165, 1.54) is 15.6 Å². The van der Waals surface area contributed by atoms with E-state index in [-0.39, 0.29) is 6.61 Å². The number of hydrogen-bond donors (Lipinski definition) is 1. The van der Waals surface area contributed by atoms with Gasteiger partial charge >= 0.3 is 0 Å². The van der Waals surface area contributed by atoms with Crippen LogP contribution in [-0.4, -0.2) is 48.9 Å². The van der Waals surface area contributed by atoms with Gasteiger partial charge in [-0.05, 0) is 18.9 Å². The zero-order valence-electron chi connectivity index (χ0n) is 12.1. The zero-order valence-corrected chi connectivity index (χ0v) is 13.7. The lowest BCUT2D eigenvalue weighted by molar-refractivity contribution is 0.305. The molecule has 7 heteroatoms. The first-order chi connectivity index (χ1) is 10.0. The Balaban J connectivity index is 1.99. The number of aliphatic hydroxyl groups is 1. The third kappa shape index (κ3) is 4.28. The Kier molecular flexibility index (Phi) is 5.79. The van der Waals surface area contributed by atoms with Gasteiger partial charge in [-0.3, -0.25) is 0 Å². The van der Waals surface area contributed by atoms with E-state index in [9.17, 15) is 8.42 Å². The van der Waals surface area contributed by atoms with Gasteiger partial charge < -0.3 is 5.11 Å². The highest BCUT2D eigenvalue weighted by atomic mass is 32.2. The molecule has 1 fully saturated rings. The van der Waals surface area contributed by atoms with Crippen molar-refractivity contribution in [2.75, 3.05) is 26.7 Å². The van der Waals surface area contributed by atoms with Gasteiger partial charge in [0.05, 0.1) is 6.61 Å². The summed E-state index contributed by atoms with van der Waals surface area (Å²) in [5.41, 5.74) is 0.871. The van der Waals surface area contributed by atoms with E-state index in [1.54, 1.807) is 11.4 Å². The summed E-state index contributed by atoms with van der Waals surface area (Å²) in [7, 11) is -1.73. The first kappa shape index (κ1) is 16.5. The number of aliphatic hydroxyl groups excluding tert-OH is 1. The van der Waals surface area contributed by atoms with Gasteiger partial charge in [0, 0.05) is 48.9 Å². The second-order valence-corrected chi connectivity index (χ2v) is 7.98. The Bertz CT molecular complexity index is 622. The molecule has 1 aliphatic rings. The van der Waals surface area contributed by atoms with Gasteiger partial charge in [-0.25, -0.2) is 0 Å². The Morgan fingerprint density at radius 1 is 1.43 bits per heavy atom. The Labute approximate surface area is 130 Å². The molecule has 0 saturated carbocycles. The van der Waals surface area contributed by atoms with Crippen LogP contribution < -0.4 is 0 Å². The standard InChI is InChI=1S/C14H20N2O3S2/c1-15(21(18,19)16-7-3-4-8-16)11-14-10-13(12-20-14)6-2-5-9-17/h10,12,17H,3-5,7-9,11H2,1H3. The maximum atomic E-state index is 12.4. The molecular formula is C14H20N2O3S2. The molecule has 1 aliphatic heterocycles.